The first-order valence-electron chi connectivity index (χ1n) is 8.08. The lowest BCUT2D eigenvalue weighted by Crippen LogP contribution is -2.11. The van der Waals surface area contributed by atoms with Gasteiger partial charge < -0.3 is 4.74 Å². The summed E-state index contributed by atoms with van der Waals surface area (Å²) in [6, 6.07) is 8.53. The van der Waals surface area contributed by atoms with Crippen LogP contribution in [0.4, 0.5) is 0 Å². The van der Waals surface area contributed by atoms with Gasteiger partial charge in [-0.3, -0.25) is 0 Å². The van der Waals surface area contributed by atoms with E-state index in [0.29, 0.717) is 18.4 Å². The molecule has 2 atom stereocenters. The molecule has 1 aliphatic rings. The summed E-state index contributed by atoms with van der Waals surface area (Å²) in [5.74, 6) is 0.745. The molecule has 0 amide bonds. The van der Waals surface area contributed by atoms with Gasteiger partial charge in [-0.1, -0.05) is 70.9 Å². The Bertz CT molecular complexity index is 624. The normalized spacial score (nSPS) is 23.4. The molecule has 0 fully saturated rings. The molecule has 0 spiro atoms. The summed E-state index contributed by atoms with van der Waals surface area (Å²) < 4.78 is 6.37. The van der Waals surface area contributed by atoms with E-state index in [4.69, 9.17) is 4.74 Å². The summed E-state index contributed by atoms with van der Waals surface area (Å²) in [5.41, 5.74) is 3.99. The molecule has 0 aliphatic heterocycles. The highest BCUT2D eigenvalue weighted by Crippen LogP contribution is 2.34. The van der Waals surface area contributed by atoms with Crippen molar-refractivity contribution in [3.05, 3.63) is 82.4 Å². The molecule has 0 N–H and O–H groups in total. The van der Waals surface area contributed by atoms with Crippen LogP contribution in [0.3, 0.4) is 0 Å². The lowest BCUT2D eigenvalue weighted by molar-refractivity contribution is 0.228. The van der Waals surface area contributed by atoms with E-state index in [-0.39, 0.29) is 0 Å². The lowest BCUT2D eigenvalue weighted by atomic mass is 9.80. The highest BCUT2D eigenvalue weighted by molar-refractivity contribution is 9.10. The van der Waals surface area contributed by atoms with Crippen molar-refractivity contribution in [3.63, 3.8) is 0 Å². The smallest absolute Gasteiger partial charge is 0.0712 e. The van der Waals surface area contributed by atoms with Gasteiger partial charge in [-0.25, -0.2) is 0 Å². The molecular formula is C21H25BrO. The SMILES string of the molecule is C=CC(c1cccc(Br)c1)C(C)/C1=C/C=C(COC)\C=C/CC1. The molecule has 1 aromatic carbocycles. The van der Waals surface area contributed by atoms with Crippen molar-refractivity contribution >= 4 is 15.9 Å². The second kappa shape index (κ2) is 9.05. The first-order chi connectivity index (χ1) is 11.2. The Labute approximate surface area is 148 Å². The van der Waals surface area contributed by atoms with Gasteiger partial charge >= 0.3 is 0 Å². The van der Waals surface area contributed by atoms with Gasteiger partial charge in [-0.05, 0) is 42.0 Å². The van der Waals surface area contributed by atoms with E-state index in [1.165, 1.54) is 16.7 Å². The Morgan fingerprint density at radius 3 is 2.87 bits per heavy atom. The highest BCUT2D eigenvalue weighted by atomic mass is 79.9. The molecule has 0 bridgehead atoms. The number of rotatable bonds is 6. The third-order valence-electron chi connectivity index (χ3n) is 4.37. The average molecular weight is 373 g/mol. The largest absolute Gasteiger partial charge is 0.380 e. The van der Waals surface area contributed by atoms with E-state index in [2.05, 4.69) is 84.1 Å². The molecule has 2 unspecified atom stereocenters. The number of halogens is 1. The standard InChI is InChI=1S/C21H25BrO/c1-4-21(19-10-7-11-20(22)14-19)16(2)18-9-6-5-8-17(12-13-18)15-23-3/h4-5,7-8,10-14,16,21H,1,6,9,15H2,2-3H3/b8-5-,17-12+,18-13+. The second-order valence-electron chi connectivity index (χ2n) is 5.96. The Morgan fingerprint density at radius 2 is 2.17 bits per heavy atom. The van der Waals surface area contributed by atoms with Crippen molar-refractivity contribution < 1.29 is 4.74 Å². The van der Waals surface area contributed by atoms with Crippen LogP contribution in [0.25, 0.3) is 0 Å². The van der Waals surface area contributed by atoms with Crippen LogP contribution in [0.5, 0.6) is 0 Å². The topological polar surface area (TPSA) is 9.23 Å². The van der Waals surface area contributed by atoms with Gasteiger partial charge in [-0.15, -0.1) is 6.58 Å². The molecule has 2 rings (SSSR count). The molecule has 0 saturated carbocycles. The van der Waals surface area contributed by atoms with Crippen molar-refractivity contribution in [1.82, 2.24) is 0 Å². The van der Waals surface area contributed by atoms with Crippen LogP contribution in [-0.4, -0.2) is 13.7 Å². The van der Waals surface area contributed by atoms with Crippen LogP contribution in [-0.2, 0) is 4.74 Å². The molecule has 2 heteroatoms. The first kappa shape index (κ1) is 18.0. The number of allylic oxidation sites excluding steroid dienone is 5. The average Bonchev–Trinajstić information content (AvgIpc) is 2.51. The molecule has 0 heterocycles. The van der Waals surface area contributed by atoms with Crippen LogP contribution in [0.2, 0.25) is 0 Å². The highest BCUT2D eigenvalue weighted by Gasteiger charge is 2.20. The number of hydrogen-bond donors (Lipinski definition) is 0. The maximum Gasteiger partial charge on any atom is 0.0712 e. The maximum absolute atomic E-state index is 5.25. The molecule has 23 heavy (non-hydrogen) atoms. The minimum absolute atomic E-state index is 0.321. The number of benzene rings is 1. The van der Waals surface area contributed by atoms with Gasteiger partial charge in [0.05, 0.1) is 6.61 Å². The minimum atomic E-state index is 0.321. The van der Waals surface area contributed by atoms with Crippen LogP contribution in [0.1, 0.15) is 31.2 Å². The lowest BCUT2D eigenvalue weighted by Gasteiger charge is -2.25. The molecule has 0 saturated heterocycles. The van der Waals surface area contributed by atoms with E-state index >= 15 is 0 Å². The summed E-state index contributed by atoms with van der Waals surface area (Å²) in [4.78, 5) is 0. The van der Waals surface area contributed by atoms with Gasteiger partial charge in [0, 0.05) is 17.5 Å². The quantitative estimate of drug-likeness (QED) is 0.539. The monoisotopic (exact) mass is 372 g/mol. The minimum Gasteiger partial charge on any atom is -0.380 e. The van der Waals surface area contributed by atoms with Gasteiger partial charge in [0.15, 0.2) is 0 Å². The van der Waals surface area contributed by atoms with E-state index in [0.717, 1.165) is 17.3 Å². The Kier molecular flexibility index (Phi) is 7.07. The molecule has 0 aromatic heterocycles. The fourth-order valence-corrected chi connectivity index (χ4v) is 3.47. The number of methoxy groups -OCH3 is 1. The van der Waals surface area contributed by atoms with Crippen molar-refractivity contribution in [2.24, 2.45) is 5.92 Å². The van der Waals surface area contributed by atoms with E-state index in [1.807, 2.05) is 0 Å². The van der Waals surface area contributed by atoms with Crippen LogP contribution in [0, 0.1) is 5.92 Å². The van der Waals surface area contributed by atoms with E-state index < -0.39 is 0 Å². The zero-order valence-corrected chi connectivity index (χ0v) is 15.6. The second-order valence-corrected chi connectivity index (χ2v) is 6.88. The van der Waals surface area contributed by atoms with Crippen molar-refractivity contribution in [2.45, 2.75) is 25.7 Å². The third kappa shape index (κ3) is 5.05. The molecular weight excluding hydrogens is 348 g/mol. The summed E-state index contributed by atoms with van der Waals surface area (Å²) in [6.07, 6.45) is 13.1. The molecule has 1 aliphatic carbocycles. The van der Waals surface area contributed by atoms with Crippen LogP contribution < -0.4 is 0 Å². The summed E-state index contributed by atoms with van der Waals surface area (Å²) in [6.45, 7) is 7.04. The Hall–Kier alpha value is -1.38. The predicted molar refractivity (Wildman–Crippen MR) is 103 cm³/mol. The molecule has 0 radical (unpaired) electrons. The molecule has 1 aromatic rings. The van der Waals surface area contributed by atoms with E-state index in [9.17, 15) is 0 Å². The number of hydrogen-bond acceptors (Lipinski definition) is 1. The zero-order chi connectivity index (χ0) is 16.7. The number of ether oxygens (including phenoxy) is 1. The Morgan fingerprint density at radius 1 is 1.35 bits per heavy atom. The van der Waals surface area contributed by atoms with Crippen LogP contribution >= 0.6 is 15.9 Å². The summed E-state index contributed by atoms with van der Waals surface area (Å²) in [7, 11) is 1.74. The zero-order valence-electron chi connectivity index (χ0n) is 14.0. The first-order valence-corrected chi connectivity index (χ1v) is 8.88. The van der Waals surface area contributed by atoms with Crippen molar-refractivity contribution in [3.8, 4) is 0 Å². The maximum atomic E-state index is 5.25. The van der Waals surface area contributed by atoms with Gasteiger partial charge in [0.25, 0.3) is 0 Å². The van der Waals surface area contributed by atoms with Crippen molar-refractivity contribution in [1.29, 1.82) is 0 Å². The Balaban J connectivity index is 2.25. The van der Waals surface area contributed by atoms with Gasteiger partial charge in [0.1, 0.15) is 0 Å². The predicted octanol–water partition coefficient (Wildman–Crippen LogP) is 6.20. The molecule has 122 valence electrons. The van der Waals surface area contributed by atoms with Gasteiger partial charge in [0.2, 0.25) is 0 Å². The van der Waals surface area contributed by atoms with E-state index in [1.54, 1.807) is 7.11 Å². The summed E-state index contributed by atoms with van der Waals surface area (Å²) >= 11 is 3.57. The fourth-order valence-electron chi connectivity index (χ4n) is 3.05. The molecule has 1 nitrogen and oxygen atoms in total. The third-order valence-corrected chi connectivity index (χ3v) is 4.86. The summed E-state index contributed by atoms with van der Waals surface area (Å²) in [5, 5.41) is 0. The van der Waals surface area contributed by atoms with Gasteiger partial charge in [-0.2, -0.15) is 0 Å². The van der Waals surface area contributed by atoms with Crippen LogP contribution in [0.15, 0.2) is 76.8 Å². The fraction of sp³-hybridized carbons (Fsp3) is 0.333. The van der Waals surface area contributed by atoms with Crippen molar-refractivity contribution in [2.75, 3.05) is 13.7 Å².